The highest BCUT2D eigenvalue weighted by Crippen LogP contribution is 2.50. The second-order valence-electron chi connectivity index (χ2n) is 11.8. The summed E-state index contributed by atoms with van der Waals surface area (Å²) in [4.78, 5) is 34.2. The molecule has 47 heavy (non-hydrogen) atoms. The van der Waals surface area contributed by atoms with E-state index >= 15 is 4.39 Å². The summed E-state index contributed by atoms with van der Waals surface area (Å²) in [6.45, 7) is 0.687. The predicted molar refractivity (Wildman–Crippen MR) is 154 cm³/mol. The number of alkyl halides is 3. The summed E-state index contributed by atoms with van der Waals surface area (Å²) in [6, 6.07) is 5.55. The quantitative estimate of drug-likeness (QED) is 0.181. The maximum atomic E-state index is 15.0. The average molecular weight is 661 g/mol. The molecule has 4 N–H and O–H groups in total. The number of carbonyl (C=O) groups excluding carboxylic acids is 2. The van der Waals surface area contributed by atoms with Gasteiger partial charge < -0.3 is 25.6 Å². The number of hydrogen-bond donors (Lipinski definition) is 3. The highest BCUT2D eigenvalue weighted by molar-refractivity contribution is 6.00. The Kier molecular flexibility index (Phi) is 7.57. The molecule has 1 saturated carbocycles. The number of aliphatic hydroxyl groups is 1. The van der Waals surface area contributed by atoms with Crippen molar-refractivity contribution in [1.29, 1.82) is 0 Å². The Hall–Kier alpha value is -4.92. The van der Waals surface area contributed by atoms with Crippen LogP contribution in [0, 0.1) is 23.4 Å². The summed E-state index contributed by atoms with van der Waals surface area (Å²) in [7, 11) is 1.26. The molecule has 2 aromatic carbocycles. The predicted octanol–water partition coefficient (Wildman–Crippen LogP) is 4.90. The molecule has 3 heterocycles. The third-order valence-corrected chi connectivity index (χ3v) is 8.65. The molecule has 0 radical (unpaired) electrons. The van der Waals surface area contributed by atoms with E-state index in [0.717, 1.165) is 6.07 Å². The van der Waals surface area contributed by atoms with Crippen LogP contribution in [-0.2, 0) is 22.0 Å². The van der Waals surface area contributed by atoms with Crippen molar-refractivity contribution in [3.63, 3.8) is 0 Å². The largest absolute Gasteiger partial charge is 0.494 e. The van der Waals surface area contributed by atoms with Gasteiger partial charge in [-0.2, -0.15) is 13.2 Å². The minimum atomic E-state index is -4.69. The fraction of sp³-hybridized carbons (Fsp3) is 0.312. The van der Waals surface area contributed by atoms with Crippen molar-refractivity contribution in [2.75, 3.05) is 20.3 Å². The van der Waals surface area contributed by atoms with Crippen molar-refractivity contribution >= 4 is 22.7 Å². The molecule has 2 aliphatic rings. The lowest BCUT2D eigenvalue weighted by molar-refractivity contribution is -0.137. The molecule has 4 aromatic rings. The van der Waals surface area contributed by atoms with Gasteiger partial charge >= 0.3 is 6.18 Å². The lowest BCUT2D eigenvalue weighted by Crippen LogP contribution is -2.44. The van der Waals surface area contributed by atoms with Gasteiger partial charge in [-0.3, -0.25) is 14.6 Å². The highest BCUT2D eigenvalue weighted by atomic mass is 19.4. The van der Waals surface area contributed by atoms with Gasteiger partial charge in [-0.05, 0) is 56.0 Å². The van der Waals surface area contributed by atoms with Crippen LogP contribution >= 0.6 is 0 Å². The zero-order chi connectivity index (χ0) is 34.1. The molecule has 2 atom stereocenters. The first-order valence-corrected chi connectivity index (χ1v) is 14.3. The van der Waals surface area contributed by atoms with Crippen LogP contribution in [0.3, 0.4) is 0 Å². The number of nitrogens with two attached hydrogens (primary N) is 1. The summed E-state index contributed by atoms with van der Waals surface area (Å²) < 4.78 is 94.2. The van der Waals surface area contributed by atoms with Gasteiger partial charge in [0.15, 0.2) is 11.6 Å². The lowest BCUT2D eigenvalue weighted by atomic mass is 9.81. The minimum absolute atomic E-state index is 0.0222. The van der Waals surface area contributed by atoms with Gasteiger partial charge in [0.1, 0.15) is 46.1 Å². The van der Waals surface area contributed by atoms with E-state index < -0.39 is 70.0 Å². The number of carbonyl (C=O) groups is 2. The Balaban J connectivity index is 1.41. The number of amides is 2. The summed E-state index contributed by atoms with van der Waals surface area (Å²) in [5, 5.41) is 14.6. The molecule has 15 heteroatoms. The zero-order valence-corrected chi connectivity index (χ0v) is 24.8. The number of rotatable bonds is 8. The van der Waals surface area contributed by atoms with Gasteiger partial charge in [-0.1, -0.05) is 0 Å². The van der Waals surface area contributed by atoms with Crippen molar-refractivity contribution < 1.29 is 50.5 Å². The first kappa shape index (κ1) is 32.0. The number of aromatic nitrogens is 2. The number of fused-ring (bicyclic) bond motifs is 2. The van der Waals surface area contributed by atoms with E-state index in [2.05, 4.69) is 15.3 Å². The van der Waals surface area contributed by atoms with Crippen LogP contribution in [0.5, 0.6) is 11.5 Å². The number of ether oxygens (including phenoxy) is 2. The van der Waals surface area contributed by atoms with E-state index in [1.807, 2.05) is 0 Å². The fourth-order valence-electron chi connectivity index (χ4n) is 5.68. The van der Waals surface area contributed by atoms with Crippen LogP contribution in [0.2, 0.25) is 0 Å². The van der Waals surface area contributed by atoms with Gasteiger partial charge in [0.25, 0.3) is 5.91 Å². The summed E-state index contributed by atoms with van der Waals surface area (Å²) in [5.41, 5.74) is 0.370. The van der Waals surface area contributed by atoms with E-state index in [1.54, 1.807) is 0 Å². The molecule has 0 spiro atoms. The van der Waals surface area contributed by atoms with Gasteiger partial charge in [0, 0.05) is 34.3 Å². The van der Waals surface area contributed by atoms with E-state index in [9.17, 15) is 36.6 Å². The maximum Gasteiger partial charge on any atom is 0.417 e. The Bertz CT molecular complexity index is 1970. The summed E-state index contributed by atoms with van der Waals surface area (Å²) >= 11 is 0. The van der Waals surface area contributed by atoms with Crippen molar-refractivity contribution in [3.05, 3.63) is 82.4 Å². The SMILES string of the molecule is COc1cc(C(=O)NC[C@](O)(c2cc3c(c(-c4cc(F)c(F)cc4F)n2)OC[C@]3(C)C(N)=O)C2CC2)cc2cc(C(F)(F)F)cnc12. The fourth-order valence-corrected chi connectivity index (χ4v) is 5.68. The number of halogens is 6. The van der Waals surface area contributed by atoms with Crippen LogP contribution in [-0.4, -0.2) is 47.2 Å². The van der Waals surface area contributed by atoms with Gasteiger partial charge in [0.05, 0.1) is 24.9 Å². The number of hydrogen-bond acceptors (Lipinski definition) is 7. The molecule has 0 saturated heterocycles. The molecule has 6 rings (SSSR count). The molecule has 1 aliphatic carbocycles. The smallest absolute Gasteiger partial charge is 0.417 e. The molecule has 2 amide bonds. The van der Waals surface area contributed by atoms with Crippen molar-refractivity contribution in [3.8, 4) is 22.8 Å². The number of primary amides is 1. The van der Waals surface area contributed by atoms with Crippen LogP contribution < -0.4 is 20.5 Å². The highest BCUT2D eigenvalue weighted by Gasteiger charge is 2.50. The monoisotopic (exact) mass is 660 g/mol. The van der Waals surface area contributed by atoms with Crippen LogP contribution in [0.15, 0.2) is 42.6 Å². The molecule has 1 fully saturated rings. The maximum absolute atomic E-state index is 15.0. The number of pyridine rings is 2. The molecule has 2 aromatic heterocycles. The Labute approximate surface area is 262 Å². The summed E-state index contributed by atoms with van der Waals surface area (Å²) in [5.74, 6) is -6.20. The molecule has 9 nitrogen and oxygen atoms in total. The second-order valence-corrected chi connectivity index (χ2v) is 11.8. The zero-order valence-electron chi connectivity index (χ0n) is 24.8. The van der Waals surface area contributed by atoms with Gasteiger partial charge in [-0.25, -0.2) is 18.2 Å². The van der Waals surface area contributed by atoms with Crippen molar-refractivity contribution in [2.45, 2.75) is 37.0 Å². The van der Waals surface area contributed by atoms with Crippen molar-refractivity contribution in [2.24, 2.45) is 11.7 Å². The number of nitrogens with zero attached hydrogens (tertiary/aromatic N) is 2. The Morgan fingerprint density at radius 3 is 2.43 bits per heavy atom. The normalized spacial score (nSPS) is 18.7. The molecule has 1 aliphatic heterocycles. The first-order chi connectivity index (χ1) is 22.1. The Morgan fingerprint density at radius 2 is 1.79 bits per heavy atom. The third-order valence-electron chi connectivity index (χ3n) is 8.65. The second kappa shape index (κ2) is 11.1. The topological polar surface area (TPSA) is 137 Å². The number of methoxy groups -OCH3 is 1. The molecular weight excluding hydrogens is 634 g/mol. The van der Waals surface area contributed by atoms with Gasteiger partial charge in [0.2, 0.25) is 5.91 Å². The van der Waals surface area contributed by atoms with Crippen molar-refractivity contribution in [1.82, 2.24) is 15.3 Å². The lowest BCUT2D eigenvalue weighted by Gasteiger charge is -2.30. The minimum Gasteiger partial charge on any atom is -0.494 e. The molecule has 246 valence electrons. The van der Waals surface area contributed by atoms with E-state index in [1.165, 1.54) is 32.2 Å². The van der Waals surface area contributed by atoms with E-state index in [-0.39, 0.29) is 51.5 Å². The third kappa shape index (κ3) is 5.47. The Morgan fingerprint density at radius 1 is 1.09 bits per heavy atom. The molecule has 0 bridgehead atoms. The average Bonchev–Trinajstić information content (AvgIpc) is 3.83. The van der Waals surface area contributed by atoms with Gasteiger partial charge in [-0.15, -0.1) is 0 Å². The van der Waals surface area contributed by atoms with E-state index in [4.69, 9.17) is 15.2 Å². The summed E-state index contributed by atoms with van der Waals surface area (Å²) in [6.07, 6.45) is -3.06. The van der Waals surface area contributed by atoms with E-state index in [0.29, 0.717) is 31.2 Å². The molecular formula is C32H26F6N4O5. The van der Waals surface area contributed by atoms with Crippen LogP contribution in [0.1, 0.15) is 46.9 Å². The standard InChI is InChI=1S/C32H26F6N4O5/c1-30(29(39)44)13-47-27-19(30)9-24(42-26(27)18-8-21(34)22(35)10-20(18)33)31(45,16-3-4-16)12-41-28(43)15-5-14-6-17(32(36,37)38)11-40-25(14)23(7-15)46-2/h5-11,16,45H,3-4,12-13H2,1-2H3,(H2,39,44)(H,41,43)/t30-,31+/m0/s1. The number of nitrogens with one attached hydrogen (secondary N) is 1. The first-order valence-electron chi connectivity index (χ1n) is 14.3. The number of benzene rings is 2. The van der Waals surface area contributed by atoms with Crippen LogP contribution in [0.4, 0.5) is 26.3 Å². The van der Waals surface area contributed by atoms with Crippen LogP contribution in [0.25, 0.3) is 22.2 Å². The molecule has 0 unspecified atom stereocenters.